The average Bonchev–Trinajstić information content (AvgIpc) is 3.86. The van der Waals surface area contributed by atoms with Gasteiger partial charge < -0.3 is 24.3 Å². The highest BCUT2D eigenvalue weighted by Gasteiger charge is 2.25. The van der Waals surface area contributed by atoms with E-state index in [4.69, 9.17) is 9.15 Å². The number of hydrogen-bond acceptors (Lipinski definition) is 5. The summed E-state index contributed by atoms with van der Waals surface area (Å²) in [6, 6.07) is 70.5. The number of benzene rings is 9. The van der Waals surface area contributed by atoms with Gasteiger partial charge in [0.15, 0.2) is 6.23 Å². The van der Waals surface area contributed by atoms with Crippen LogP contribution in [0.5, 0.6) is 5.75 Å². The lowest BCUT2D eigenvalue weighted by atomic mass is 10.00. The molecule has 266 valence electrons. The molecule has 10 aromatic rings. The number of nitrogens with one attached hydrogen (secondary N) is 1. The number of anilines is 7. The second-order valence-electron chi connectivity index (χ2n) is 14.2. The fraction of sp³-hybridized carbons (Fsp3) is 0.0196. The predicted octanol–water partition coefficient (Wildman–Crippen LogP) is 14.3. The molecule has 1 unspecified atom stereocenters. The molecular weight excluding hydrogens is 687 g/mol. The first-order chi connectivity index (χ1) is 27.7. The number of rotatable bonds is 7. The Morgan fingerprint density at radius 3 is 1.55 bits per heavy atom. The van der Waals surface area contributed by atoms with Crippen molar-refractivity contribution in [3.63, 3.8) is 0 Å². The molecule has 1 aromatic heterocycles. The zero-order valence-electron chi connectivity index (χ0n) is 30.3. The molecule has 11 rings (SSSR count). The van der Waals surface area contributed by atoms with Crippen LogP contribution < -0.4 is 19.9 Å². The van der Waals surface area contributed by atoms with Crippen molar-refractivity contribution in [2.75, 3.05) is 15.1 Å². The lowest BCUT2D eigenvalue weighted by molar-refractivity contribution is 0.260. The maximum Gasteiger partial charge on any atom is 0.196 e. The van der Waals surface area contributed by atoms with Crippen LogP contribution in [-0.4, -0.2) is 0 Å². The third-order valence-corrected chi connectivity index (χ3v) is 10.8. The van der Waals surface area contributed by atoms with Gasteiger partial charge in [-0.05, 0) is 106 Å². The molecule has 5 nitrogen and oxygen atoms in total. The van der Waals surface area contributed by atoms with Gasteiger partial charge in [-0.3, -0.25) is 0 Å². The van der Waals surface area contributed by atoms with E-state index in [9.17, 15) is 0 Å². The zero-order valence-corrected chi connectivity index (χ0v) is 30.3. The van der Waals surface area contributed by atoms with Crippen LogP contribution in [0.2, 0.25) is 0 Å². The van der Waals surface area contributed by atoms with Gasteiger partial charge in [-0.1, -0.05) is 109 Å². The first kappa shape index (κ1) is 32.0. The van der Waals surface area contributed by atoms with Gasteiger partial charge in [-0.2, -0.15) is 0 Å². The van der Waals surface area contributed by atoms with E-state index in [1.807, 2.05) is 30.3 Å². The van der Waals surface area contributed by atoms with Gasteiger partial charge >= 0.3 is 0 Å². The molecule has 2 heterocycles. The molecule has 0 spiro atoms. The number of ether oxygens (including phenoxy) is 1. The second-order valence-corrected chi connectivity index (χ2v) is 14.2. The highest BCUT2D eigenvalue weighted by atomic mass is 16.5. The van der Waals surface area contributed by atoms with E-state index in [0.717, 1.165) is 73.1 Å². The smallest absolute Gasteiger partial charge is 0.196 e. The van der Waals surface area contributed by atoms with Crippen LogP contribution in [0.1, 0.15) is 11.8 Å². The van der Waals surface area contributed by atoms with E-state index < -0.39 is 0 Å². The third-order valence-electron chi connectivity index (χ3n) is 10.8. The Kier molecular flexibility index (Phi) is 7.49. The Balaban J connectivity index is 0.977. The number of nitrogens with zero attached hydrogens (tertiary/aromatic N) is 2. The minimum absolute atomic E-state index is 0.221. The lowest BCUT2D eigenvalue weighted by Gasteiger charge is -2.27. The number of para-hydroxylation sites is 3. The average molecular weight is 722 g/mol. The minimum Gasteiger partial charge on any atom is -0.464 e. The fourth-order valence-corrected chi connectivity index (χ4v) is 8.17. The normalized spacial score (nSPS) is 13.5. The number of furan rings is 1. The van der Waals surface area contributed by atoms with Crippen molar-refractivity contribution in [1.29, 1.82) is 0 Å². The maximum atomic E-state index is 6.44. The van der Waals surface area contributed by atoms with Crippen LogP contribution >= 0.6 is 0 Å². The summed E-state index contributed by atoms with van der Waals surface area (Å²) < 4.78 is 12.6. The molecule has 1 aliphatic rings. The lowest BCUT2D eigenvalue weighted by Crippen LogP contribution is -2.10. The SMILES string of the molecule is c1ccc(C2Nc3ccc(N(c4ccccc4)c4ccc5c(ccc6cc(N(c7ccccc7)c7ccc8oc9ccccc9c8c7)ccc65)c4)cc3O2)cc1. The van der Waals surface area contributed by atoms with Crippen LogP contribution in [-0.2, 0) is 0 Å². The topological polar surface area (TPSA) is 40.9 Å². The van der Waals surface area contributed by atoms with Gasteiger partial charge in [0.1, 0.15) is 16.9 Å². The predicted molar refractivity (Wildman–Crippen MR) is 232 cm³/mol. The van der Waals surface area contributed by atoms with Crippen molar-refractivity contribution < 1.29 is 9.15 Å². The van der Waals surface area contributed by atoms with E-state index in [1.165, 1.54) is 21.5 Å². The minimum atomic E-state index is -0.221. The molecule has 0 saturated carbocycles. The summed E-state index contributed by atoms with van der Waals surface area (Å²) in [7, 11) is 0. The molecule has 0 bridgehead atoms. The van der Waals surface area contributed by atoms with Crippen LogP contribution in [0, 0.1) is 0 Å². The summed E-state index contributed by atoms with van der Waals surface area (Å²) in [4.78, 5) is 4.62. The van der Waals surface area contributed by atoms with Crippen LogP contribution in [0.3, 0.4) is 0 Å². The summed E-state index contributed by atoms with van der Waals surface area (Å²) >= 11 is 0. The molecule has 1 aliphatic heterocycles. The van der Waals surface area contributed by atoms with E-state index >= 15 is 0 Å². The van der Waals surface area contributed by atoms with Crippen molar-refractivity contribution in [2.24, 2.45) is 0 Å². The highest BCUT2D eigenvalue weighted by molar-refractivity contribution is 6.10. The molecule has 5 heteroatoms. The molecule has 56 heavy (non-hydrogen) atoms. The van der Waals surface area contributed by atoms with E-state index in [2.05, 4.69) is 185 Å². The van der Waals surface area contributed by atoms with Gasteiger partial charge in [-0.25, -0.2) is 0 Å². The van der Waals surface area contributed by atoms with Gasteiger partial charge in [0, 0.05) is 56.5 Å². The van der Waals surface area contributed by atoms with E-state index in [1.54, 1.807) is 0 Å². The van der Waals surface area contributed by atoms with E-state index in [0.29, 0.717) is 0 Å². The maximum absolute atomic E-state index is 6.44. The molecule has 0 fully saturated rings. The largest absolute Gasteiger partial charge is 0.464 e. The van der Waals surface area contributed by atoms with Crippen molar-refractivity contribution in [3.05, 3.63) is 206 Å². The van der Waals surface area contributed by atoms with Crippen LogP contribution in [0.15, 0.2) is 205 Å². The zero-order chi connectivity index (χ0) is 37.0. The summed E-state index contributed by atoms with van der Waals surface area (Å²) in [5.41, 5.74) is 10.3. The Morgan fingerprint density at radius 1 is 0.375 bits per heavy atom. The van der Waals surface area contributed by atoms with E-state index in [-0.39, 0.29) is 6.23 Å². The molecule has 0 saturated heterocycles. The first-order valence-corrected chi connectivity index (χ1v) is 18.9. The second kappa shape index (κ2) is 13.1. The van der Waals surface area contributed by atoms with Gasteiger partial charge in [0.25, 0.3) is 0 Å². The van der Waals surface area contributed by atoms with Crippen molar-refractivity contribution in [3.8, 4) is 5.75 Å². The molecule has 0 aliphatic carbocycles. The Bertz CT molecular complexity index is 3050. The number of hydrogen-bond donors (Lipinski definition) is 1. The molecule has 0 amide bonds. The quantitative estimate of drug-likeness (QED) is 0.166. The van der Waals surface area contributed by atoms with Gasteiger partial charge in [0.2, 0.25) is 0 Å². The Hall–Kier alpha value is -7.50. The van der Waals surface area contributed by atoms with Gasteiger partial charge in [0.05, 0.1) is 5.69 Å². The molecule has 1 atom stereocenters. The van der Waals surface area contributed by atoms with Crippen molar-refractivity contribution in [1.82, 2.24) is 0 Å². The monoisotopic (exact) mass is 721 g/mol. The van der Waals surface area contributed by atoms with Crippen LogP contribution in [0.4, 0.5) is 39.8 Å². The third kappa shape index (κ3) is 5.48. The standard InChI is InChI=1S/C51H35N3O2/c1-4-12-34(13-5-1)51-52-47-28-24-42(33-50(47)56-51)54(38-16-8-3-9-17-38)40-23-27-44-36(31-40)21-20-35-30-39(22-26-43(35)44)53(37-14-6-2-7-15-37)41-25-29-49-46(32-41)45-18-10-11-19-48(45)55-49/h1-33,51-52H. The molecule has 0 radical (unpaired) electrons. The Labute approximate surface area is 324 Å². The van der Waals surface area contributed by atoms with Crippen molar-refractivity contribution in [2.45, 2.75) is 6.23 Å². The molecule has 1 N–H and O–H groups in total. The van der Waals surface area contributed by atoms with Crippen molar-refractivity contribution >= 4 is 83.3 Å². The summed E-state index contributed by atoms with van der Waals surface area (Å²) in [6.07, 6.45) is -0.221. The number of fused-ring (bicyclic) bond motifs is 7. The summed E-state index contributed by atoms with van der Waals surface area (Å²) in [5, 5.41) is 10.5. The first-order valence-electron chi connectivity index (χ1n) is 18.9. The Morgan fingerprint density at radius 2 is 0.893 bits per heavy atom. The highest BCUT2D eigenvalue weighted by Crippen LogP contribution is 2.45. The van der Waals surface area contributed by atoms with Gasteiger partial charge in [-0.15, -0.1) is 0 Å². The van der Waals surface area contributed by atoms with Crippen LogP contribution in [0.25, 0.3) is 43.5 Å². The fourth-order valence-electron chi connectivity index (χ4n) is 8.17. The summed E-state index contributed by atoms with van der Waals surface area (Å²) in [6.45, 7) is 0. The molecule has 9 aromatic carbocycles. The summed E-state index contributed by atoms with van der Waals surface area (Å²) in [5.74, 6) is 0.836. The molecular formula is C51H35N3O2.